The van der Waals surface area contributed by atoms with Crippen LogP contribution in [-0.2, 0) is 11.2 Å². The maximum absolute atomic E-state index is 13.8. The van der Waals surface area contributed by atoms with Crippen LogP contribution >= 0.6 is 0 Å². The van der Waals surface area contributed by atoms with Crippen LogP contribution in [0.25, 0.3) is 0 Å². The minimum Gasteiger partial charge on any atom is -0.352 e. The van der Waals surface area contributed by atoms with Gasteiger partial charge in [-0.25, -0.2) is 8.78 Å². The van der Waals surface area contributed by atoms with Crippen LogP contribution < -0.4 is 10.6 Å². The molecule has 0 aliphatic rings. The van der Waals surface area contributed by atoms with Gasteiger partial charge in [-0.2, -0.15) is 0 Å². The van der Waals surface area contributed by atoms with Crippen molar-refractivity contribution < 1.29 is 18.4 Å². The van der Waals surface area contributed by atoms with Crippen molar-refractivity contribution in [2.75, 3.05) is 0 Å². The molecular formula is C22H26F2N2O2. The zero-order valence-electron chi connectivity index (χ0n) is 16.3. The average molecular weight is 388 g/mol. The monoisotopic (exact) mass is 388 g/mol. The number of carbonyl (C=O) groups is 2. The number of nitrogens with one attached hydrogen (secondary N) is 2. The lowest BCUT2D eigenvalue weighted by Crippen LogP contribution is -2.52. The fourth-order valence-corrected chi connectivity index (χ4v) is 2.90. The summed E-state index contributed by atoms with van der Waals surface area (Å²) in [6, 6.07) is 12.1. The summed E-state index contributed by atoms with van der Waals surface area (Å²) in [6.07, 6.45) is 1.54. The lowest BCUT2D eigenvalue weighted by atomic mass is 10.0. The summed E-state index contributed by atoms with van der Waals surface area (Å²) in [4.78, 5) is 25.0. The van der Waals surface area contributed by atoms with Gasteiger partial charge in [-0.15, -0.1) is 0 Å². The Morgan fingerprint density at radius 3 is 2.07 bits per heavy atom. The third kappa shape index (κ3) is 5.87. The van der Waals surface area contributed by atoms with Gasteiger partial charge in [-0.3, -0.25) is 9.59 Å². The maximum Gasteiger partial charge on any atom is 0.257 e. The average Bonchev–Trinajstić information content (AvgIpc) is 2.64. The molecule has 0 bridgehead atoms. The lowest BCUT2D eigenvalue weighted by Gasteiger charge is -2.24. The minimum absolute atomic E-state index is 0.115. The maximum atomic E-state index is 13.8. The summed E-state index contributed by atoms with van der Waals surface area (Å²) < 4.78 is 27.6. The molecule has 2 atom stereocenters. The molecule has 0 heterocycles. The molecule has 0 saturated carbocycles. The van der Waals surface area contributed by atoms with Crippen molar-refractivity contribution in [2.24, 2.45) is 5.92 Å². The molecule has 0 radical (unpaired) electrons. The first-order valence-corrected chi connectivity index (χ1v) is 9.38. The molecule has 2 aromatic carbocycles. The van der Waals surface area contributed by atoms with Crippen LogP contribution in [-0.4, -0.2) is 23.9 Å². The number of hydrogen-bond acceptors (Lipinski definition) is 2. The van der Waals surface area contributed by atoms with Gasteiger partial charge >= 0.3 is 0 Å². The zero-order chi connectivity index (χ0) is 20.7. The van der Waals surface area contributed by atoms with Gasteiger partial charge in [0.05, 0.1) is 0 Å². The second-order valence-corrected chi connectivity index (χ2v) is 7.23. The molecule has 0 spiro atoms. The predicted octanol–water partition coefficient (Wildman–Crippen LogP) is 3.86. The first-order valence-electron chi connectivity index (χ1n) is 9.38. The summed E-state index contributed by atoms with van der Waals surface area (Å²) in [5, 5.41) is 5.34. The van der Waals surface area contributed by atoms with E-state index < -0.39 is 29.1 Å². The molecule has 0 aliphatic heterocycles. The fraction of sp³-hybridized carbons (Fsp3) is 0.364. The van der Waals surface area contributed by atoms with Gasteiger partial charge in [-0.05, 0) is 43.4 Å². The van der Waals surface area contributed by atoms with E-state index >= 15 is 0 Å². The molecule has 0 saturated heterocycles. The Balaban J connectivity index is 1.98. The number of benzene rings is 2. The molecule has 4 nitrogen and oxygen atoms in total. The van der Waals surface area contributed by atoms with E-state index in [0.717, 1.165) is 25.0 Å². The van der Waals surface area contributed by atoms with Crippen LogP contribution in [0, 0.1) is 17.6 Å². The Kier molecular flexibility index (Phi) is 7.67. The molecule has 28 heavy (non-hydrogen) atoms. The first kappa shape index (κ1) is 21.5. The molecule has 150 valence electrons. The van der Waals surface area contributed by atoms with Crippen LogP contribution in [0.3, 0.4) is 0 Å². The summed E-state index contributed by atoms with van der Waals surface area (Å²) in [7, 11) is 0. The van der Waals surface area contributed by atoms with Crippen LogP contribution in [0.1, 0.15) is 43.1 Å². The van der Waals surface area contributed by atoms with Gasteiger partial charge in [-0.1, -0.05) is 50.2 Å². The van der Waals surface area contributed by atoms with E-state index in [-0.39, 0.29) is 17.9 Å². The van der Waals surface area contributed by atoms with Gasteiger partial charge in [0.15, 0.2) is 0 Å². The number of hydrogen-bond donors (Lipinski definition) is 2. The van der Waals surface area contributed by atoms with Gasteiger partial charge in [0.25, 0.3) is 5.91 Å². The highest BCUT2D eigenvalue weighted by molar-refractivity contribution is 5.98. The van der Waals surface area contributed by atoms with E-state index in [0.29, 0.717) is 0 Å². The highest BCUT2D eigenvalue weighted by Gasteiger charge is 2.27. The van der Waals surface area contributed by atoms with Crippen molar-refractivity contribution >= 4 is 11.8 Å². The molecule has 2 aromatic rings. The number of aryl methyl sites for hydroxylation is 1. The first-order chi connectivity index (χ1) is 13.3. The highest BCUT2D eigenvalue weighted by Crippen LogP contribution is 2.13. The molecule has 0 aromatic heterocycles. The van der Waals surface area contributed by atoms with Crippen molar-refractivity contribution in [3.05, 3.63) is 71.3 Å². The minimum atomic E-state index is -0.961. The van der Waals surface area contributed by atoms with Crippen molar-refractivity contribution in [2.45, 2.75) is 45.7 Å². The largest absolute Gasteiger partial charge is 0.352 e. The molecule has 0 fully saturated rings. The quantitative estimate of drug-likeness (QED) is 0.722. The topological polar surface area (TPSA) is 58.2 Å². The van der Waals surface area contributed by atoms with Gasteiger partial charge < -0.3 is 10.6 Å². The van der Waals surface area contributed by atoms with E-state index in [9.17, 15) is 18.4 Å². The van der Waals surface area contributed by atoms with Crippen molar-refractivity contribution in [3.63, 3.8) is 0 Å². The van der Waals surface area contributed by atoms with Crippen LogP contribution in [0.15, 0.2) is 48.5 Å². The second-order valence-electron chi connectivity index (χ2n) is 7.23. The molecule has 0 aliphatic carbocycles. The van der Waals surface area contributed by atoms with Crippen molar-refractivity contribution in [1.82, 2.24) is 10.6 Å². The summed E-state index contributed by atoms with van der Waals surface area (Å²) in [6.45, 7) is 5.41. The third-order valence-corrected chi connectivity index (χ3v) is 4.52. The standard InChI is InChI=1S/C22H26F2N2O2/c1-14(2)20(26-21(27)19-17(23)10-7-11-18(19)24)22(28)25-15(3)12-13-16-8-5-4-6-9-16/h4-11,14-15,20H,12-13H2,1-3H3,(H,25,28)(H,26,27). The Morgan fingerprint density at radius 2 is 1.50 bits per heavy atom. The van der Waals surface area contributed by atoms with Crippen LogP contribution in [0.5, 0.6) is 0 Å². The summed E-state index contributed by atoms with van der Waals surface area (Å²) in [5.74, 6) is -3.49. The smallest absolute Gasteiger partial charge is 0.257 e. The highest BCUT2D eigenvalue weighted by atomic mass is 19.1. The second kappa shape index (κ2) is 9.97. The molecular weight excluding hydrogens is 362 g/mol. The van der Waals surface area contributed by atoms with Gasteiger partial charge in [0.1, 0.15) is 23.2 Å². The molecule has 2 amide bonds. The van der Waals surface area contributed by atoms with Crippen molar-refractivity contribution in [1.29, 1.82) is 0 Å². The summed E-state index contributed by atoms with van der Waals surface area (Å²) in [5.41, 5.74) is 0.491. The number of halogens is 2. The van der Waals surface area contributed by atoms with Gasteiger partial charge in [0.2, 0.25) is 5.91 Å². The Bertz CT molecular complexity index is 789. The lowest BCUT2D eigenvalue weighted by molar-refractivity contribution is -0.124. The fourth-order valence-electron chi connectivity index (χ4n) is 2.90. The molecule has 2 rings (SSSR count). The Labute approximate surface area is 164 Å². The normalized spacial score (nSPS) is 13.1. The van der Waals surface area contributed by atoms with E-state index in [1.807, 2.05) is 37.3 Å². The zero-order valence-corrected chi connectivity index (χ0v) is 16.3. The van der Waals surface area contributed by atoms with Crippen molar-refractivity contribution in [3.8, 4) is 0 Å². The number of rotatable bonds is 8. The van der Waals surface area contributed by atoms with E-state index in [1.54, 1.807) is 13.8 Å². The predicted molar refractivity (Wildman–Crippen MR) is 105 cm³/mol. The van der Waals surface area contributed by atoms with E-state index in [2.05, 4.69) is 10.6 Å². The summed E-state index contributed by atoms with van der Waals surface area (Å²) >= 11 is 0. The third-order valence-electron chi connectivity index (χ3n) is 4.52. The van der Waals surface area contributed by atoms with E-state index in [1.165, 1.54) is 11.6 Å². The molecule has 2 N–H and O–H groups in total. The van der Waals surface area contributed by atoms with Gasteiger partial charge in [0, 0.05) is 6.04 Å². The number of carbonyl (C=O) groups excluding carboxylic acids is 2. The van der Waals surface area contributed by atoms with E-state index in [4.69, 9.17) is 0 Å². The Morgan fingerprint density at radius 1 is 0.893 bits per heavy atom. The SMILES string of the molecule is CC(CCc1ccccc1)NC(=O)C(NC(=O)c1c(F)cccc1F)C(C)C. The molecule has 2 unspecified atom stereocenters. The Hall–Kier alpha value is -2.76. The van der Waals surface area contributed by atoms with Crippen LogP contribution in [0.4, 0.5) is 8.78 Å². The number of amides is 2. The van der Waals surface area contributed by atoms with Crippen LogP contribution in [0.2, 0.25) is 0 Å². The molecule has 6 heteroatoms.